The number of nitro groups is 1. The second-order valence-electron chi connectivity index (χ2n) is 6.07. The van der Waals surface area contributed by atoms with E-state index in [-0.39, 0.29) is 31.1 Å². The first-order valence-corrected chi connectivity index (χ1v) is 8.45. The van der Waals surface area contributed by atoms with Gasteiger partial charge in [0.1, 0.15) is 11.4 Å². The van der Waals surface area contributed by atoms with E-state index in [1.54, 1.807) is 24.3 Å². The highest BCUT2D eigenvalue weighted by atomic mass is 19.4. The molecule has 0 saturated heterocycles. The summed E-state index contributed by atoms with van der Waals surface area (Å²) in [6.07, 6.45) is -4.69. The molecule has 3 aromatic rings. The summed E-state index contributed by atoms with van der Waals surface area (Å²) in [5.74, 6) is -0.340. The van der Waals surface area contributed by atoms with Crippen LogP contribution in [-0.2, 0) is 17.4 Å². The van der Waals surface area contributed by atoms with E-state index in [0.717, 1.165) is 17.5 Å². The smallest absolute Gasteiger partial charge is 0.378 e. The van der Waals surface area contributed by atoms with Gasteiger partial charge in [-0.05, 0) is 24.3 Å². The number of benzene rings is 2. The molecule has 11 heteroatoms. The molecule has 0 fully saturated rings. The summed E-state index contributed by atoms with van der Waals surface area (Å²) >= 11 is 0. The number of halogens is 3. The third kappa shape index (κ3) is 4.81. The summed E-state index contributed by atoms with van der Waals surface area (Å²) in [6, 6.07) is 9.29. The molecular formula is C18H15F3N4O4. The van der Waals surface area contributed by atoms with Crippen LogP contribution in [0.3, 0.4) is 0 Å². The van der Waals surface area contributed by atoms with Gasteiger partial charge >= 0.3 is 6.18 Å². The fourth-order valence-corrected chi connectivity index (χ4v) is 2.69. The van der Waals surface area contributed by atoms with Crippen molar-refractivity contribution in [2.75, 3.05) is 18.4 Å². The van der Waals surface area contributed by atoms with Crippen molar-refractivity contribution in [1.82, 2.24) is 10.5 Å². The van der Waals surface area contributed by atoms with Crippen LogP contribution in [0.15, 0.2) is 47.0 Å². The molecule has 2 aromatic carbocycles. The number of amides is 1. The zero-order chi connectivity index (χ0) is 21.0. The van der Waals surface area contributed by atoms with Gasteiger partial charge in [-0.25, -0.2) is 0 Å². The lowest BCUT2D eigenvalue weighted by molar-refractivity contribution is -0.384. The summed E-state index contributed by atoms with van der Waals surface area (Å²) in [6.45, 7) is 0.185. The van der Waals surface area contributed by atoms with Crippen molar-refractivity contribution in [2.24, 2.45) is 0 Å². The Bertz CT molecular complexity index is 1050. The second kappa shape index (κ2) is 8.17. The van der Waals surface area contributed by atoms with Crippen molar-refractivity contribution in [3.05, 3.63) is 63.8 Å². The van der Waals surface area contributed by atoms with Crippen molar-refractivity contribution in [2.45, 2.75) is 12.6 Å². The first kappa shape index (κ1) is 20.1. The molecule has 0 radical (unpaired) electrons. The van der Waals surface area contributed by atoms with Gasteiger partial charge in [-0.3, -0.25) is 14.9 Å². The van der Waals surface area contributed by atoms with Gasteiger partial charge in [0.2, 0.25) is 5.91 Å². The fourth-order valence-electron chi connectivity index (χ4n) is 2.69. The number of carbonyl (C=O) groups excluding carboxylic acids is 1. The minimum Gasteiger partial charge on any atom is -0.378 e. The molecule has 0 bridgehead atoms. The quantitative estimate of drug-likeness (QED) is 0.352. The van der Waals surface area contributed by atoms with Crippen molar-refractivity contribution in [1.29, 1.82) is 0 Å². The number of nitro benzene ring substituents is 1. The van der Waals surface area contributed by atoms with Crippen LogP contribution in [0, 0.1) is 10.1 Å². The summed E-state index contributed by atoms with van der Waals surface area (Å²) in [5.41, 5.74) is -0.834. The van der Waals surface area contributed by atoms with E-state index in [9.17, 15) is 28.1 Å². The molecule has 3 rings (SSSR count). The number of anilines is 1. The molecule has 1 amide bonds. The van der Waals surface area contributed by atoms with Gasteiger partial charge in [0, 0.05) is 24.5 Å². The van der Waals surface area contributed by atoms with Gasteiger partial charge < -0.3 is 15.2 Å². The predicted molar refractivity (Wildman–Crippen MR) is 97.3 cm³/mol. The van der Waals surface area contributed by atoms with Crippen LogP contribution in [0.2, 0.25) is 0 Å². The maximum absolute atomic E-state index is 12.7. The Morgan fingerprint density at radius 3 is 2.66 bits per heavy atom. The molecule has 0 unspecified atom stereocenters. The molecular weight excluding hydrogens is 393 g/mol. The fraction of sp³-hybridized carbons (Fsp3) is 0.222. The molecule has 0 aliphatic rings. The van der Waals surface area contributed by atoms with Crippen molar-refractivity contribution in [3.63, 3.8) is 0 Å². The number of nitrogens with one attached hydrogen (secondary N) is 2. The van der Waals surface area contributed by atoms with E-state index in [2.05, 4.69) is 15.8 Å². The Kier molecular flexibility index (Phi) is 5.66. The van der Waals surface area contributed by atoms with Gasteiger partial charge in [-0.2, -0.15) is 13.2 Å². The lowest BCUT2D eigenvalue weighted by atomic mass is 10.1. The molecule has 0 atom stereocenters. The molecule has 152 valence electrons. The molecule has 0 aliphatic carbocycles. The maximum Gasteiger partial charge on any atom is 0.416 e. The zero-order valence-electron chi connectivity index (χ0n) is 14.8. The third-order valence-electron chi connectivity index (χ3n) is 4.06. The number of para-hydroxylation sites is 1. The van der Waals surface area contributed by atoms with E-state index < -0.39 is 22.4 Å². The van der Waals surface area contributed by atoms with Crippen molar-refractivity contribution < 1.29 is 27.4 Å². The number of aromatic nitrogens is 1. The Morgan fingerprint density at radius 2 is 1.93 bits per heavy atom. The number of hydrogen-bond donors (Lipinski definition) is 2. The largest absolute Gasteiger partial charge is 0.416 e. The lowest BCUT2D eigenvalue weighted by Gasteiger charge is -2.11. The number of nitrogens with zero attached hydrogens (tertiary/aromatic N) is 2. The van der Waals surface area contributed by atoms with E-state index in [1.165, 1.54) is 0 Å². The second-order valence-corrected chi connectivity index (χ2v) is 6.07. The summed E-state index contributed by atoms with van der Waals surface area (Å²) in [4.78, 5) is 22.2. The van der Waals surface area contributed by atoms with Gasteiger partial charge in [0.05, 0.1) is 16.9 Å². The van der Waals surface area contributed by atoms with Gasteiger partial charge in [0.15, 0.2) is 5.58 Å². The van der Waals surface area contributed by atoms with Crippen LogP contribution in [0.1, 0.15) is 11.3 Å². The molecule has 0 aliphatic heterocycles. The van der Waals surface area contributed by atoms with E-state index >= 15 is 0 Å². The van der Waals surface area contributed by atoms with Crippen LogP contribution in [0.25, 0.3) is 11.0 Å². The van der Waals surface area contributed by atoms with E-state index in [1.807, 2.05) is 0 Å². The van der Waals surface area contributed by atoms with Crippen LogP contribution >= 0.6 is 0 Å². The maximum atomic E-state index is 12.7. The lowest BCUT2D eigenvalue weighted by Crippen LogP contribution is -2.30. The first-order chi connectivity index (χ1) is 13.8. The number of hydrogen-bond acceptors (Lipinski definition) is 6. The SMILES string of the molecule is O=C(Cc1noc2ccccc12)NCCNc1ccc(C(F)(F)F)cc1[N+](=O)[O-]. The molecule has 2 N–H and O–H groups in total. The average molecular weight is 408 g/mol. The topological polar surface area (TPSA) is 110 Å². The highest BCUT2D eigenvalue weighted by Crippen LogP contribution is 2.34. The molecule has 1 aromatic heterocycles. The Balaban J connectivity index is 1.55. The Hall–Kier alpha value is -3.63. The molecule has 0 saturated carbocycles. The van der Waals surface area contributed by atoms with Crippen molar-refractivity contribution >= 4 is 28.3 Å². The normalized spacial score (nSPS) is 11.4. The summed E-state index contributed by atoms with van der Waals surface area (Å²) < 4.78 is 43.2. The van der Waals surface area contributed by atoms with Crippen LogP contribution < -0.4 is 10.6 Å². The average Bonchev–Trinajstić information content (AvgIpc) is 3.07. The predicted octanol–water partition coefficient (Wildman–Crippen LogP) is 3.53. The highest BCUT2D eigenvalue weighted by Gasteiger charge is 2.33. The highest BCUT2D eigenvalue weighted by molar-refractivity contribution is 5.86. The number of rotatable bonds is 7. The number of carbonyl (C=O) groups is 1. The van der Waals surface area contributed by atoms with Crippen LogP contribution in [-0.4, -0.2) is 29.1 Å². The molecule has 29 heavy (non-hydrogen) atoms. The third-order valence-corrected chi connectivity index (χ3v) is 4.06. The van der Waals surface area contributed by atoms with Crippen LogP contribution in [0.4, 0.5) is 24.5 Å². The molecule has 1 heterocycles. The van der Waals surface area contributed by atoms with Gasteiger partial charge in [0.25, 0.3) is 5.69 Å². The number of alkyl halides is 3. The summed E-state index contributed by atoms with van der Waals surface area (Å²) in [5, 5.41) is 20.9. The molecule has 8 nitrogen and oxygen atoms in total. The monoisotopic (exact) mass is 408 g/mol. The van der Waals surface area contributed by atoms with Crippen molar-refractivity contribution in [3.8, 4) is 0 Å². The molecule has 0 spiro atoms. The van der Waals surface area contributed by atoms with E-state index in [0.29, 0.717) is 17.3 Å². The first-order valence-electron chi connectivity index (χ1n) is 8.45. The summed E-state index contributed by atoms with van der Waals surface area (Å²) in [7, 11) is 0. The minimum atomic E-state index is -4.68. The zero-order valence-corrected chi connectivity index (χ0v) is 14.8. The Morgan fingerprint density at radius 1 is 1.17 bits per heavy atom. The van der Waals surface area contributed by atoms with Gasteiger partial charge in [-0.1, -0.05) is 17.3 Å². The number of fused-ring (bicyclic) bond motifs is 1. The standard InChI is InChI=1S/C18H15F3N4O4/c19-18(20,21)11-5-6-13(15(9-11)25(27)28)22-7-8-23-17(26)10-14-12-3-1-2-4-16(12)29-24-14/h1-6,9,22H,7-8,10H2,(H,23,26). The van der Waals surface area contributed by atoms with E-state index in [4.69, 9.17) is 4.52 Å². The van der Waals surface area contributed by atoms with Crippen LogP contribution in [0.5, 0.6) is 0 Å². The minimum absolute atomic E-state index is 0.0164. The van der Waals surface area contributed by atoms with Gasteiger partial charge in [-0.15, -0.1) is 0 Å². The Labute approximate surface area is 161 Å².